The van der Waals surface area contributed by atoms with E-state index in [1.807, 2.05) is 6.92 Å². The molecule has 0 N–H and O–H groups in total. The van der Waals surface area contributed by atoms with Gasteiger partial charge in [-0.3, -0.25) is 0 Å². The molecule has 44 valence electrons. The van der Waals surface area contributed by atoms with Crippen LogP contribution in [0.1, 0.15) is 13.3 Å². The van der Waals surface area contributed by atoms with Gasteiger partial charge < -0.3 is 4.74 Å². The zero-order valence-electron chi connectivity index (χ0n) is 4.18. The van der Waals surface area contributed by atoms with E-state index < -0.39 is 0 Å². The molecule has 0 heterocycles. The van der Waals surface area contributed by atoms with E-state index in [1.54, 1.807) is 0 Å². The van der Waals surface area contributed by atoms with Crippen LogP contribution >= 0.6 is 24.8 Å². The van der Waals surface area contributed by atoms with Crippen molar-refractivity contribution in [2.24, 2.45) is 0 Å². The first-order chi connectivity index (χ1) is 3.27. The summed E-state index contributed by atoms with van der Waals surface area (Å²) in [5, 5.41) is 0. The molecule has 0 unspecified atom stereocenters. The van der Waals surface area contributed by atoms with Crippen LogP contribution in [-0.4, -0.2) is 62.4 Å². The molecule has 0 aliphatic rings. The first-order valence-electron chi connectivity index (χ1n) is 2.13. The molecule has 0 aliphatic carbocycles. The van der Waals surface area contributed by atoms with E-state index in [4.69, 9.17) is 4.74 Å². The van der Waals surface area contributed by atoms with Gasteiger partial charge in [-0.25, -0.2) is 0 Å². The van der Waals surface area contributed by atoms with Gasteiger partial charge in [-0.05, 0) is 18.6 Å². The Labute approximate surface area is 103 Å². The van der Waals surface area contributed by atoms with Crippen LogP contribution in [0, 0.1) is 0 Å². The van der Waals surface area contributed by atoms with Crippen LogP contribution in [0.2, 0.25) is 0 Å². The summed E-state index contributed by atoms with van der Waals surface area (Å²) in [5.74, 6) is 0. The van der Waals surface area contributed by atoms with Crippen molar-refractivity contribution >= 4 is 80.6 Å². The van der Waals surface area contributed by atoms with Crippen LogP contribution in [0.4, 0.5) is 0 Å². The molecular weight excluding hydrogens is 167 g/mol. The van der Waals surface area contributed by atoms with Crippen molar-refractivity contribution in [1.82, 2.24) is 0 Å². The van der Waals surface area contributed by atoms with Crippen molar-refractivity contribution in [1.29, 1.82) is 0 Å². The van der Waals surface area contributed by atoms with E-state index >= 15 is 0 Å². The minimum atomic E-state index is 0. The topological polar surface area (TPSA) is 9.23 Å². The van der Waals surface area contributed by atoms with Gasteiger partial charge in [0.25, 0.3) is 0 Å². The van der Waals surface area contributed by atoms with Crippen LogP contribution in [-0.2, 0) is 4.74 Å². The predicted molar refractivity (Wildman–Crippen MR) is 45.0 cm³/mol. The summed E-state index contributed by atoms with van der Waals surface area (Å²) < 4.78 is 5.12. The zero-order chi connectivity index (χ0) is 5.70. The number of thiol groups is 1. The third kappa shape index (κ3) is 10.8. The maximum atomic E-state index is 4.79. The predicted octanol–water partition coefficient (Wildman–Crippen LogP) is 0.979. The van der Waals surface area contributed by atoms with Gasteiger partial charge in [0, 0.05) is 0 Å². The Morgan fingerprint density at radius 1 is 1.75 bits per heavy atom. The van der Waals surface area contributed by atoms with Gasteiger partial charge in [-0.2, -0.15) is 0 Å². The fraction of sp³-hybridized carbons (Fsp3) is 0.750. The monoisotopic (exact) mass is 176 g/mol. The third-order valence-electron chi connectivity index (χ3n) is 0.430. The van der Waals surface area contributed by atoms with Gasteiger partial charge in [-0.15, -0.1) is 0 Å². The Bertz CT molecular complexity index is 67.1. The van der Waals surface area contributed by atoms with E-state index in [0.717, 1.165) is 6.42 Å². The molecule has 0 radical (unpaired) electrons. The molecule has 0 fully saturated rings. The molecule has 0 bridgehead atoms. The maximum absolute atomic E-state index is 4.79. The zero-order valence-corrected chi connectivity index (χ0v) is 5.89. The molecule has 0 amide bonds. The van der Waals surface area contributed by atoms with Crippen LogP contribution in [0.3, 0.4) is 0 Å². The van der Waals surface area contributed by atoms with E-state index in [2.05, 4.69) is 24.8 Å². The molecule has 0 aromatic heterocycles. The Morgan fingerprint density at radius 3 is 2.38 bits per heavy atom. The molecule has 8 heavy (non-hydrogen) atoms. The molecule has 1 nitrogen and oxygen atoms in total. The van der Waals surface area contributed by atoms with Gasteiger partial charge in [0.1, 0.15) is 0 Å². The number of hydrogen-bond donors (Lipinski definition) is 1. The van der Waals surface area contributed by atoms with Crippen LogP contribution in [0.25, 0.3) is 0 Å². The number of thiocarbonyl (C=S) groups is 1. The van der Waals surface area contributed by atoms with Crippen LogP contribution in [0.5, 0.6) is 0 Å². The molecule has 0 spiro atoms. The SMILES string of the molecule is CCCOC(=S)S.[KH]. The Kier molecular flexibility index (Phi) is 13.9. The number of hydrogen-bond acceptors (Lipinski definition) is 2. The summed E-state index contributed by atoms with van der Waals surface area (Å²) in [7, 11) is 0. The molecular formula is C4H9KOS2. The van der Waals surface area contributed by atoms with E-state index in [0.29, 0.717) is 11.0 Å². The summed E-state index contributed by atoms with van der Waals surface area (Å²) in [5.41, 5.74) is 0. The minimum absolute atomic E-state index is 0. The van der Waals surface area contributed by atoms with Crippen LogP contribution < -0.4 is 0 Å². The van der Waals surface area contributed by atoms with Crippen molar-refractivity contribution < 1.29 is 4.74 Å². The molecule has 0 aliphatic heterocycles. The van der Waals surface area contributed by atoms with E-state index in [1.165, 1.54) is 0 Å². The normalized spacial score (nSPS) is 7.25. The van der Waals surface area contributed by atoms with Crippen LogP contribution in [0.15, 0.2) is 0 Å². The summed E-state index contributed by atoms with van der Waals surface area (Å²) in [6.45, 7) is 2.70. The fourth-order valence-corrected chi connectivity index (χ4v) is 0.364. The van der Waals surface area contributed by atoms with Crippen molar-refractivity contribution in [2.75, 3.05) is 6.61 Å². The third-order valence-corrected chi connectivity index (χ3v) is 0.677. The molecule has 0 atom stereocenters. The second kappa shape index (κ2) is 8.88. The van der Waals surface area contributed by atoms with E-state index in [-0.39, 0.29) is 51.4 Å². The van der Waals surface area contributed by atoms with Gasteiger partial charge in [0.05, 0.1) is 6.61 Å². The Balaban J connectivity index is 0. The molecule has 0 aromatic rings. The summed E-state index contributed by atoms with van der Waals surface area (Å²) in [6, 6.07) is 0. The quantitative estimate of drug-likeness (QED) is 0.381. The Hall–Kier alpha value is 1.88. The fourth-order valence-electron chi connectivity index (χ4n) is 0.189. The molecule has 0 saturated carbocycles. The molecule has 0 saturated heterocycles. The first-order valence-corrected chi connectivity index (χ1v) is 2.98. The number of rotatable bonds is 2. The molecule has 0 aromatic carbocycles. The van der Waals surface area contributed by atoms with Crippen molar-refractivity contribution in [3.63, 3.8) is 0 Å². The summed E-state index contributed by atoms with van der Waals surface area (Å²) in [6.07, 6.45) is 0.987. The average molecular weight is 176 g/mol. The second-order valence-corrected chi connectivity index (χ2v) is 2.19. The average Bonchev–Trinajstić information content (AvgIpc) is 1.61. The van der Waals surface area contributed by atoms with Gasteiger partial charge in [0.2, 0.25) is 4.38 Å². The standard InChI is InChI=1S/C4H8OS2.K.H/c1-2-3-5-4(6)7;;/h2-3H2,1H3,(H,6,7);;. The van der Waals surface area contributed by atoms with Crippen molar-refractivity contribution in [2.45, 2.75) is 13.3 Å². The van der Waals surface area contributed by atoms with Gasteiger partial charge in [0.15, 0.2) is 0 Å². The Morgan fingerprint density at radius 2 is 2.25 bits per heavy atom. The second-order valence-electron chi connectivity index (χ2n) is 1.11. The molecule has 4 heteroatoms. The van der Waals surface area contributed by atoms with E-state index in [9.17, 15) is 0 Å². The van der Waals surface area contributed by atoms with Gasteiger partial charge >= 0.3 is 51.4 Å². The number of ether oxygens (including phenoxy) is 1. The van der Waals surface area contributed by atoms with Crippen molar-refractivity contribution in [3.05, 3.63) is 0 Å². The summed E-state index contributed by atoms with van der Waals surface area (Å²) in [4.78, 5) is 0. The van der Waals surface area contributed by atoms with Gasteiger partial charge in [-0.1, -0.05) is 19.6 Å². The molecule has 0 rings (SSSR count). The summed E-state index contributed by atoms with van der Waals surface area (Å²) >= 11 is 8.24. The van der Waals surface area contributed by atoms with Crippen molar-refractivity contribution in [3.8, 4) is 0 Å². The first kappa shape index (κ1) is 12.5.